The first-order chi connectivity index (χ1) is 8.99. The van der Waals surface area contributed by atoms with Gasteiger partial charge in [0, 0.05) is 24.5 Å². The molecule has 19 heavy (non-hydrogen) atoms. The van der Waals surface area contributed by atoms with Gasteiger partial charge in [-0.2, -0.15) is 0 Å². The number of nitro groups is 1. The second kappa shape index (κ2) is 4.85. The topological polar surface area (TPSA) is 93.3 Å². The fourth-order valence-electron chi connectivity index (χ4n) is 1.79. The number of benzene rings is 1. The Bertz CT molecular complexity index is 635. The van der Waals surface area contributed by atoms with Crippen molar-refractivity contribution in [3.63, 3.8) is 0 Å². The van der Waals surface area contributed by atoms with Crippen LogP contribution in [0, 0.1) is 17.0 Å². The van der Waals surface area contributed by atoms with Crippen molar-refractivity contribution >= 4 is 11.7 Å². The quantitative estimate of drug-likeness (QED) is 0.674. The highest BCUT2D eigenvalue weighted by molar-refractivity contribution is 5.90. The number of hydrogen-bond acceptors (Lipinski definition) is 4. The van der Waals surface area contributed by atoms with Crippen molar-refractivity contribution in [1.82, 2.24) is 4.98 Å². The summed E-state index contributed by atoms with van der Waals surface area (Å²) < 4.78 is 0. The highest BCUT2D eigenvalue weighted by atomic mass is 16.6. The second-order valence-corrected chi connectivity index (χ2v) is 4.02. The first-order valence-electron chi connectivity index (χ1n) is 5.43. The fourth-order valence-corrected chi connectivity index (χ4v) is 1.79. The number of rotatable bonds is 3. The van der Waals surface area contributed by atoms with E-state index >= 15 is 0 Å². The van der Waals surface area contributed by atoms with Crippen molar-refractivity contribution in [2.45, 2.75) is 6.92 Å². The molecule has 1 N–H and O–H groups in total. The van der Waals surface area contributed by atoms with Crippen molar-refractivity contribution in [2.24, 2.45) is 0 Å². The molecule has 6 heteroatoms. The Labute approximate surface area is 108 Å². The zero-order valence-corrected chi connectivity index (χ0v) is 10.0. The van der Waals surface area contributed by atoms with Crippen LogP contribution in [-0.4, -0.2) is 21.0 Å². The Kier molecular flexibility index (Phi) is 3.24. The van der Waals surface area contributed by atoms with E-state index in [1.165, 1.54) is 12.1 Å². The number of non-ortho nitro benzene ring substituents is 1. The smallest absolute Gasteiger partial charge is 0.335 e. The van der Waals surface area contributed by atoms with E-state index in [0.717, 1.165) is 17.2 Å². The van der Waals surface area contributed by atoms with Gasteiger partial charge in [-0.1, -0.05) is 0 Å². The summed E-state index contributed by atoms with van der Waals surface area (Å²) in [5.74, 6) is -1.20. The van der Waals surface area contributed by atoms with Gasteiger partial charge in [-0.15, -0.1) is 0 Å². The van der Waals surface area contributed by atoms with Crippen LogP contribution in [-0.2, 0) is 0 Å². The molecule has 0 spiro atoms. The summed E-state index contributed by atoms with van der Waals surface area (Å²) in [5, 5.41) is 19.8. The van der Waals surface area contributed by atoms with E-state index in [-0.39, 0.29) is 11.3 Å². The van der Waals surface area contributed by atoms with Gasteiger partial charge in [-0.3, -0.25) is 15.1 Å². The van der Waals surface area contributed by atoms with E-state index in [9.17, 15) is 14.9 Å². The molecule has 2 aromatic rings. The van der Waals surface area contributed by atoms with Crippen LogP contribution in [0.3, 0.4) is 0 Å². The first-order valence-corrected chi connectivity index (χ1v) is 5.43. The normalized spacial score (nSPS) is 10.2. The third-order valence-corrected chi connectivity index (χ3v) is 2.71. The first kappa shape index (κ1) is 12.7. The minimum atomic E-state index is -1.20. The van der Waals surface area contributed by atoms with Gasteiger partial charge < -0.3 is 5.11 Å². The minimum Gasteiger partial charge on any atom is -0.478 e. The predicted molar refractivity (Wildman–Crippen MR) is 68.0 cm³/mol. The molecule has 6 nitrogen and oxygen atoms in total. The van der Waals surface area contributed by atoms with Crippen LogP contribution in [0.15, 0.2) is 36.7 Å². The molecule has 1 aromatic heterocycles. The fraction of sp³-hybridized carbons (Fsp3) is 0.0769. The Morgan fingerprint density at radius 3 is 2.68 bits per heavy atom. The molecular weight excluding hydrogens is 248 g/mol. The van der Waals surface area contributed by atoms with E-state index in [2.05, 4.69) is 4.98 Å². The molecule has 96 valence electrons. The molecule has 0 radical (unpaired) electrons. The number of carboxylic acid groups (broad SMARTS) is 1. The van der Waals surface area contributed by atoms with Crippen LogP contribution in [0.25, 0.3) is 11.1 Å². The van der Waals surface area contributed by atoms with Gasteiger partial charge in [0.15, 0.2) is 0 Å². The van der Waals surface area contributed by atoms with Gasteiger partial charge in [0.05, 0.1) is 10.5 Å². The van der Waals surface area contributed by atoms with Crippen molar-refractivity contribution in [3.8, 4) is 11.1 Å². The monoisotopic (exact) mass is 258 g/mol. The highest BCUT2D eigenvalue weighted by Crippen LogP contribution is 2.28. The lowest BCUT2D eigenvalue weighted by Gasteiger charge is -2.06. The van der Waals surface area contributed by atoms with Gasteiger partial charge in [0.2, 0.25) is 0 Å². The van der Waals surface area contributed by atoms with E-state index in [1.807, 2.05) is 6.92 Å². The van der Waals surface area contributed by atoms with Crippen LogP contribution in [0.4, 0.5) is 5.69 Å². The van der Waals surface area contributed by atoms with Crippen molar-refractivity contribution in [3.05, 3.63) is 57.9 Å². The summed E-state index contributed by atoms with van der Waals surface area (Å²) in [6.45, 7) is 1.81. The summed E-state index contributed by atoms with van der Waals surface area (Å²) in [5.41, 5.74) is 1.68. The number of aryl methyl sites for hydroxylation is 1. The Morgan fingerprint density at radius 2 is 2.11 bits per heavy atom. The van der Waals surface area contributed by atoms with Gasteiger partial charge in [-0.05, 0) is 35.7 Å². The Balaban J connectivity index is 2.67. The number of pyridine rings is 1. The summed E-state index contributed by atoms with van der Waals surface area (Å²) in [4.78, 5) is 25.2. The van der Waals surface area contributed by atoms with Crippen LogP contribution in [0.5, 0.6) is 0 Å². The standard InChI is InChI=1S/C13H10N2O4/c1-8-7-14-3-2-12(8)9-4-10(13(16)17)6-11(5-9)15(18)19/h2-7H,1H3,(H,16,17). The summed E-state index contributed by atoms with van der Waals surface area (Å²) in [6, 6.07) is 5.51. The van der Waals surface area contributed by atoms with Crippen molar-refractivity contribution < 1.29 is 14.8 Å². The summed E-state index contributed by atoms with van der Waals surface area (Å²) in [6.07, 6.45) is 3.18. The number of carboxylic acids is 1. The van der Waals surface area contributed by atoms with Crippen LogP contribution < -0.4 is 0 Å². The molecule has 0 amide bonds. The predicted octanol–water partition coefficient (Wildman–Crippen LogP) is 2.66. The molecule has 0 aliphatic heterocycles. The lowest BCUT2D eigenvalue weighted by atomic mass is 10.00. The second-order valence-electron chi connectivity index (χ2n) is 4.02. The maximum Gasteiger partial charge on any atom is 0.335 e. The van der Waals surface area contributed by atoms with E-state index in [1.54, 1.807) is 18.5 Å². The number of aromatic nitrogens is 1. The van der Waals surface area contributed by atoms with E-state index in [0.29, 0.717) is 5.56 Å². The van der Waals surface area contributed by atoms with Crippen molar-refractivity contribution in [1.29, 1.82) is 0 Å². The average Bonchev–Trinajstić information content (AvgIpc) is 2.38. The van der Waals surface area contributed by atoms with Gasteiger partial charge in [0.25, 0.3) is 5.69 Å². The molecule has 0 bridgehead atoms. The lowest BCUT2D eigenvalue weighted by Crippen LogP contribution is -1.99. The molecule has 0 atom stereocenters. The zero-order chi connectivity index (χ0) is 14.0. The highest BCUT2D eigenvalue weighted by Gasteiger charge is 2.15. The van der Waals surface area contributed by atoms with Crippen LogP contribution in [0.1, 0.15) is 15.9 Å². The average molecular weight is 258 g/mol. The Morgan fingerprint density at radius 1 is 1.37 bits per heavy atom. The van der Waals surface area contributed by atoms with Crippen LogP contribution >= 0.6 is 0 Å². The number of nitro benzene ring substituents is 1. The Hall–Kier alpha value is -2.76. The van der Waals surface area contributed by atoms with Crippen LogP contribution in [0.2, 0.25) is 0 Å². The molecule has 0 saturated heterocycles. The van der Waals surface area contributed by atoms with E-state index < -0.39 is 10.9 Å². The number of hydrogen-bond donors (Lipinski definition) is 1. The molecule has 2 rings (SSSR count). The van der Waals surface area contributed by atoms with Crippen molar-refractivity contribution in [2.75, 3.05) is 0 Å². The molecule has 0 aliphatic rings. The number of aromatic carboxylic acids is 1. The minimum absolute atomic E-state index is 0.111. The van der Waals surface area contributed by atoms with Gasteiger partial charge in [-0.25, -0.2) is 4.79 Å². The number of nitrogens with zero attached hydrogens (tertiary/aromatic N) is 2. The molecular formula is C13H10N2O4. The third-order valence-electron chi connectivity index (χ3n) is 2.71. The third kappa shape index (κ3) is 2.57. The molecule has 1 heterocycles. The molecule has 0 fully saturated rings. The van der Waals surface area contributed by atoms with Gasteiger partial charge >= 0.3 is 5.97 Å². The maximum absolute atomic E-state index is 11.0. The largest absolute Gasteiger partial charge is 0.478 e. The summed E-state index contributed by atoms with van der Waals surface area (Å²) in [7, 11) is 0. The molecule has 0 unspecified atom stereocenters. The SMILES string of the molecule is Cc1cnccc1-c1cc(C(=O)O)cc([N+](=O)[O-])c1. The molecule has 0 saturated carbocycles. The molecule has 0 aliphatic carbocycles. The van der Waals surface area contributed by atoms with E-state index in [4.69, 9.17) is 5.11 Å². The lowest BCUT2D eigenvalue weighted by molar-refractivity contribution is -0.384. The maximum atomic E-state index is 11.0. The number of carbonyl (C=O) groups is 1. The zero-order valence-electron chi connectivity index (χ0n) is 10.0. The molecule has 1 aromatic carbocycles. The van der Waals surface area contributed by atoms with Gasteiger partial charge in [0.1, 0.15) is 0 Å². The summed E-state index contributed by atoms with van der Waals surface area (Å²) >= 11 is 0.